The van der Waals surface area contributed by atoms with Gasteiger partial charge in [-0.15, -0.1) is 0 Å². The van der Waals surface area contributed by atoms with Gasteiger partial charge < -0.3 is 9.84 Å². The molecule has 0 aromatic rings. The molecule has 18 heavy (non-hydrogen) atoms. The number of carboxylic acid groups (broad SMARTS) is 1. The molecule has 0 aliphatic carbocycles. The van der Waals surface area contributed by atoms with E-state index in [-0.39, 0.29) is 12.8 Å². The van der Waals surface area contributed by atoms with E-state index < -0.39 is 36.4 Å². The summed E-state index contributed by atoms with van der Waals surface area (Å²) in [5.41, 5.74) is 0. The molecular formula is C10H12O8. The quantitative estimate of drug-likeness (QED) is 0.515. The molecule has 0 saturated carbocycles. The van der Waals surface area contributed by atoms with E-state index in [9.17, 15) is 19.2 Å². The smallest absolute Gasteiger partial charge is 0.359 e. The molecule has 1 heterocycles. The molecule has 0 amide bonds. The molecule has 1 atom stereocenters. The lowest BCUT2D eigenvalue weighted by Crippen LogP contribution is -2.30. The van der Waals surface area contributed by atoms with Gasteiger partial charge in [-0.25, -0.2) is 24.2 Å². The molecule has 0 spiro atoms. The molecule has 0 aromatic carbocycles. The first-order valence-electron chi connectivity index (χ1n) is 5.31. The summed E-state index contributed by atoms with van der Waals surface area (Å²) in [6.45, 7) is 0. The highest BCUT2D eigenvalue weighted by atomic mass is 17.2. The van der Waals surface area contributed by atoms with E-state index in [1.54, 1.807) is 0 Å². The van der Waals surface area contributed by atoms with Crippen LogP contribution in [0, 0.1) is 0 Å². The van der Waals surface area contributed by atoms with Crippen LogP contribution >= 0.6 is 0 Å². The molecule has 0 aromatic heterocycles. The van der Waals surface area contributed by atoms with Gasteiger partial charge in [0.05, 0.1) is 12.8 Å². The Morgan fingerprint density at radius 2 is 1.56 bits per heavy atom. The summed E-state index contributed by atoms with van der Waals surface area (Å²) in [5, 5.41) is 8.74. The SMILES string of the molecule is O=C1CCCCC(=O)OC(C(=O)O)CC(=O)OO1. The molecular weight excluding hydrogens is 248 g/mol. The number of hydrogen-bond donors (Lipinski definition) is 1. The Labute approximate surface area is 102 Å². The number of hydrogen-bond acceptors (Lipinski definition) is 7. The van der Waals surface area contributed by atoms with Crippen molar-refractivity contribution in [2.45, 2.75) is 38.2 Å². The van der Waals surface area contributed by atoms with Gasteiger partial charge in [-0.2, -0.15) is 0 Å². The van der Waals surface area contributed by atoms with Crippen LogP contribution in [-0.4, -0.2) is 35.1 Å². The molecule has 1 rings (SSSR count). The predicted molar refractivity (Wildman–Crippen MR) is 52.8 cm³/mol. The van der Waals surface area contributed by atoms with E-state index in [0.29, 0.717) is 12.8 Å². The first-order valence-corrected chi connectivity index (χ1v) is 5.31. The lowest BCUT2D eigenvalue weighted by molar-refractivity contribution is -0.260. The topological polar surface area (TPSA) is 116 Å². The molecule has 0 radical (unpaired) electrons. The van der Waals surface area contributed by atoms with Gasteiger partial charge >= 0.3 is 23.9 Å². The Bertz CT molecular complexity index is 361. The second-order valence-corrected chi connectivity index (χ2v) is 3.64. The van der Waals surface area contributed by atoms with E-state index in [1.165, 1.54) is 0 Å². The van der Waals surface area contributed by atoms with Crippen LogP contribution in [0.3, 0.4) is 0 Å². The summed E-state index contributed by atoms with van der Waals surface area (Å²) in [4.78, 5) is 52.4. The third kappa shape index (κ3) is 4.81. The molecule has 8 nitrogen and oxygen atoms in total. The second-order valence-electron chi connectivity index (χ2n) is 3.64. The first-order chi connectivity index (χ1) is 8.49. The highest BCUT2D eigenvalue weighted by Gasteiger charge is 2.27. The Hall–Kier alpha value is -2.12. The van der Waals surface area contributed by atoms with E-state index >= 15 is 0 Å². The summed E-state index contributed by atoms with van der Waals surface area (Å²) in [5.74, 6) is -4.04. The number of carboxylic acids is 1. The minimum Gasteiger partial charge on any atom is -0.478 e. The molecule has 1 unspecified atom stereocenters. The number of rotatable bonds is 1. The van der Waals surface area contributed by atoms with Crippen molar-refractivity contribution < 1.29 is 38.8 Å². The van der Waals surface area contributed by atoms with E-state index in [1.807, 2.05) is 0 Å². The maximum absolute atomic E-state index is 11.2. The van der Waals surface area contributed by atoms with Gasteiger partial charge in [0, 0.05) is 6.42 Å². The summed E-state index contributed by atoms with van der Waals surface area (Å²) < 4.78 is 4.60. The van der Waals surface area contributed by atoms with Gasteiger partial charge in [-0.1, -0.05) is 0 Å². The van der Waals surface area contributed by atoms with E-state index in [4.69, 9.17) is 5.11 Å². The van der Waals surface area contributed by atoms with Gasteiger partial charge in [-0.3, -0.25) is 4.79 Å². The average molecular weight is 260 g/mol. The molecule has 1 saturated heterocycles. The Morgan fingerprint density at radius 1 is 1.00 bits per heavy atom. The number of esters is 1. The molecule has 0 bridgehead atoms. The van der Waals surface area contributed by atoms with Crippen molar-refractivity contribution in [3.05, 3.63) is 0 Å². The van der Waals surface area contributed by atoms with Crippen molar-refractivity contribution in [3.63, 3.8) is 0 Å². The number of carbonyl (C=O) groups is 4. The van der Waals surface area contributed by atoms with Gasteiger partial charge in [0.1, 0.15) is 0 Å². The Kier molecular flexibility index (Phi) is 5.09. The molecule has 1 fully saturated rings. The van der Waals surface area contributed by atoms with Gasteiger partial charge in [-0.05, 0) is 12.8 Å². The van der Waals surface area contributed by atoms with Crippen LogP contribution < -0.4 is 0 Å². The number of aliphatic carboxylic acids is 1. The predicted octanol–water partition coefficient (Wildman–Crippen LogP) is -0.0517. The number of carbonyl (C=O) groups excluding carboxylic acids is 3. The summed E-state index contributed by atoms with van der Waals surface area (Å²) >= 11 is 0. The largest absolute Gasteiger partial charge is 0.478 e. The van der Waals surface area contributed by atoms with Crippen LogP contribution in [0.5, 0.6) is 0 Å². The average Bonchev–Trinajstić information content (AvgIpc) is 2.29. The second kappa shape index (κ2) is 6.58. The first kappa shape index (κ1) is 13.9. The summed E-state index contributed by atoms with van der Waals surface area (Å²) in [6.07, 6.45) is -1.66. The Balaban J connectivity index is 2.67. The highest BCUT2D eigenvalue weighted by molar-refractivity contribution is 5.83. The van der Waals surface area contributed by atoms with Crippen molar-refractivity contribution in [2.75, 3.05) is 0 Å². The zero-order valence-electron chi connectivity index (χ0n) is 9.42. The molecule has 100 valence electrons. The fourth-order valence-electron chi connectivity index (χ4n) is 1.26. The van der Waals surface area contributed by atoms with Crippen LogP contribution in [0.4, 0.5) is 0 Å². The minimum absolute atomic E-state index is 0.00290. The standard InChI is InChI=1S/C10H12O8/c11-7-3-1-2-4-8(12)17-18-9(13)5-6(16-7)10(14)15/h6H,1-5H2,(H,14,15). The van der Waals surface area contributed by atoms with Crippen molar-refractivity contribution in [1.29, 1.82) is 0 Å². The normalized spacial score (nSPS) is 22.9. The van der Waals surface area contributed by atoms with E-state index in [2.05, 4.69) is 14.5 Å². The van der Waals surface area contributed by atoms with Crippen LogP contribution in [-0.2, 0) is 33.7 Å². The lowest BCUT2D eigenvalue weighted by atomic mass is 10.2. The van der Waals surface area contributed by atoms with Gasteiger partial charge in [0.15, 0.2) is 0 Å². The third-order valence-electron chi connectivity index (χ3n) is 2.14. The third-order valence-corrected chi connectivity index (χ3v) is 2.14. The van der Waals surface area contributed by atoms with E-state index in [0.717, 1.165) is 0 Å². The fraction of sp³-hybridized carbons (Fsp3) is 0.600. The fourth-order valence-corrected chi connectivity index (χ4v) is 1.26. The zero-order chi connectivity index (χ0) is 13.5. The van der Waals surface area contributed by atoms with Crippen molar-refractivity contribution >= 4 is 23.9 Å². The van der Waals surface area contributed by atoms with Crippen LogP contribution in [0.15, 0.2) is 0 Å². The highest BCUT2D eigenvalue weighted by Crippen LogP contribution is 2.09. The van der Waals surface area contributed by atoms with Gasteiger partial charge in [0.25, 0.3) is 0 Å². The van der Waals surface area contributed by atoms with Crippen molar-refractivity contribution in [2.24, 2.45) is 0 Å². The Morgan fingerprint density at radius 3 is 2.17 bits per heavy atom. The minimum atomic E-state index is -1.64. The monoisotopic (exact) mass is 260 g/mol. The summed E-state index contributed by atoms with van der Waals surface area (Å²) in [6, 6.07) is 0. The van der Waals surface area contributed by atoms with Gasteiger partial charge in [0.2, 0.25) is 6.10 Å². The van der Waals surface area contributed by atoms with Crippen LogP contribution in [0.25, 0.3) is 0 Å². The van der Waals surface area contributed by atoms with Crippen LogP contribution in [0.1, 0.15) is 32.1 Å². The number of ether oxygens (including phenoxy) is 1. The number of cyclic esters (lactones) is 1. The van der Waals surface area contributed by atoms with Crippen molar-refractivity contribution in [1.82, 2.24) is 0 Å². The molecule has 1 aliphatic rings. The lowest BCUT2D eigenvalue weighted by Gasteiger charge is -2.13. The molecule has 1 N–H and O–H groups in total. The van der Waals surface area contributed by atoms with Crippen molar-refractivity contribution in [3.8, 4) is 0 Å². The molecule has 8 heteroatoms. The zero-order valence-corrected chi connectivity index (χ0v) is 9.42. The molecule has 1 aliphatic heterocycles. The maximum Gasteiger partial charge on any atom is 0.359 e. The maximum atomic E-state index is 11.2. The summed E-state index contributed by atoms with van der Waals surface area (Å²) in [7, 11) is 0. The van der Waals surface area contributed by atoms with Crippen LogP contribution in [0.2, 0.25) is 0 Å².